The lowest BCUT2D eigenvalue weighted by Gasteiger charge is -2.38. The fourth-order valence-electron chi connectivity index (χ4n) is 3.92. The van der Waals surface area contributed by atoms with Crippen LogP contribution in [-0.4, -0.2) is 76.6 Å². The number of hydrogen-bond donors (Lipinski definition) is 0. The van der Waals surface area contributed by atoms with Gasteiger partial charge in [-0.05, 0) is 26.7 Å². The van der Waals surface area contributed by atoms with Crippen molar-refractivity contribution in [1.82, 2.24) is 24.8 Å². The van der Waals surface area contributed by atoms with Crippen LogP contribution in [0.2, 0.25) is 0 Å². The highest BCUT2D eigenvalue weighted by atomic mass is 16.5. The number of hydrogen-bond acceptors (Lipinski definition) is 6. The van der Waals surface area contributed by atoms with Crippen LogP contribution in [0.25, 0.3) is 0 Å². The molecule has 2 heterocycles. The molecule has 1 aromatic heterocycles. The number of amides is 1. The molecular formula is C18H31N5O2. The van der Waals surface area contributed by atoms with E-state index in [1.807, 2.05) is 18.9 Å². The first-order valence-electron chi connectivity index (χ1n) is 9.57. The average Bonchev–Trinajstić information content (AvgIpc) is 3.08. The zero-order chi connectivity index (χ0) is 17.8. The minimum absolute atomic E-state index is 0.129. The van der Waals surface area contributed by atoms with E-state index in [1.54, 1.807) is 0 Å². The van der Waals surface area contributed by atoms with Crippen LogP contribution in [0.15, 0.2) is 4.52 Å². The van der Waals surface area contributed by atoms with Gasteiger partial charge in [0.2, 0.25) is 11.8 Å². The summed E-state index contributed by atoms with van der Waals surface area (Å²) in [5.41, 5.74) is 0. The first kappa shape index (κ1) is 18.3. The van der Waals surface area contributed by atoms with Gasteiger partial charge in [-0.3, -0.25) is 14.6 Å². The lowest BCUT2D eigenvalue weighted by atomic mass is 9.94. The molecule has 7 heteroatoms. The maximum absolute atomic E-state index is 12.6. The topological polar surface area (TPSA) is 65.7 Å². The first-order valence-corrected chi connectivity index (χ1v) is 9.57. The number of carbonyl (C=O) groups excluding carboxylic acids is 1. The van der Waals surface area contributed by atoms with E-state index in [-0.39, 0.29) is 11.9 Å². The van der Waals surface area contributed by atoms with Crippen molar-refractivity contribution in [2.45, 2.75) is 58.0 Å². The quantitative estimate of drug-likeness (QED) is 0.808. The van der Waals surface area contributed by atoms with Gasteiger partial charge in [-0.25, -0.2) is 0 Å². The Morgan fingerprint density at radius 2 is 1.92 bits per heavy atom. The van der Waals surface area contributed by atoms with Crippen LogP contribution in [0, 0.1) is 6.92 Å². The van der Waals surface area contributed by atoms with E-state index in [4.69, 9.17) is 4.52 Å². The van der Waals surface area contributed by atoms with Gasteiger partial charge in [0.05, 0.1) is 12.6 Å². The lowest BCUT2D eigenvalue weighted by Crippen LogP contribution is -2.51. The molecule has 1 unspecified atom stereocenters. The minimum atomic E-state index is 0.129. The van der Waals surface area contributed by atoms with Gasteiger partial charge in [0, 0.05) is 39.3 Å². The van der Waals surface area contributed by atoms with Crippen LogP contribution in [0.1, 0.15) is 56.8 Å². The van der Waals surface area contributed by atoms with Crippen LogP contribution in [0.3, 0.4) is 0 Å². The number of nitrogens with zero attached hydrogens (tertiary/aromatic N) is 5. The van der Waals surface area contributed by atoms with Gasteiger partial charge in [0.1, 0.15) is 0 Å². The third kappa shape index (κ3) is 4.58. The second-order valence-corrected chi connectivity index (χ2v) is 7.46. The molecule has 25 heavy (non-hydrogen) atoms. The summed E-state index contributed by atoms with van der Waals surface area (Å²) in [6.07, 6.45) is 6.16. The van der Waals surface area contributed by atoms with Crippen molar-refractivity contribution in [3.05, 3.63) is 11.7 Å². The summed E-state index contributed by atoms with van der Waals surface area (Å²) in [6, 6.07) is 0.576. The van der Waals surface area contributed by atoms with Crippen molar-refractivity contribution in [1.29, 1.82) is 0 Å². The van der Waals surface area contributed by atoms with Gasteiger partial charge in [-0.1, -0.05) is 24.4 Å². The molecule has 2 fully saturated rings. The third-order valence-electron chi connectivity index (χ3n) is 5.73. The number of aryl methyl sites for hydroxylation is 1. The molecule has 1 saturated heterocycles. The Kier molecular flexibility index (Phi) is 6.06. The number of piperazine rings is 1. The number of carbonyl (C=O) groups is 1. The number of rotatable bonds is 5. The largest absolute Gasteiger partial charge is 0.342 e. The molecule has 1 saturated carbocycles. The van der Waals surface area contributed by atoms with Gasteiger partial charge in [0.25, 0.3) is 0 Å². The molecule has 0 bridgehead atoms. The summed E-state index contributed by atoms with van der Waals surface area (Å²) in [6.45, 7) is 8.13. The monoisotopic (exact) mass is 349 g/mol. The molecule has 7 nitrogen and oxygen atoms in total. The maximum Gasteiger partial charge on any atom is 0.243 e. The lowest BCUT2D eigenvalue weighted by molar-refractivity contribution is -0.134. The highest BCUT2D eigenvalue weighted by Gasteiger charge is 2.28. The fraction of sp³-hybridized carbons (Fsp3) is 0.833. The SMILES string of the molecule is Cc1noc(C(C)N2CCN(CC(=O)N(C)C3CCCCC3)CC2)n1. The molecule has 140 valence electrons. The Balaban J connectivity index is 1.44. The summed E-state index contributed by atoms with van der Waals surface area (Å²) in [4.78, 5) is 23.5. The summed E-state index contributed by atoms with van der Waals surface area (Å²) in [7, 11) is 1.98. The van der Waals surface area contributed by atoms with E-state index in [1.165, 1.54) is 19.3 Å². The molecule has 1 aliphatic carbocycles. The normalized spacial score (nSPS) is 22.0. The van der Waals surface area contributed by atoms with E-state index in [0.29, 0.717) is 24.3 Å². The molecule has 1 aliphatic heterocycles. The molecular weight excluding hydrogens is 318 g/mol. The van der Waals surface area contributed by atoms with Crippen molar-refractivity contribution in [3.63, 3.8) is 0 Å². The molecule has 0 aromatic carbocycles. The molecule has 2 aliphatic rings. The third-order valence-corrected chi connectivity index (χ3v) is 5.73. The Morgan fingerprint density at radius 3 is 2.52 bits per heavy atom. The smallest absolute Gasteiger partial charge is 0.243 e. The van der Waals surface area contributed by atoms with E-state index in [9.17, 15) is 4.79 Å². The summed E-state index contributed by atoms with van der Waals surface area (Å²) < 4.78 is 5.29. The summed E-state index contributed by atoms with van der Waals surface area (Å²) in [5.74, 6) is 1.62. The zero-order valence-electron chi connectivity index (χ0n) is 15.8. The minimum Gasteiger partial charge on any atom is -0.342 e. The predicted molar refractivity (Wildman–Crippen MR) is 95.1 cm³/mol. The Bertz CT molecular complexity index is 562. The summed E-state index contributed by atoms with van der Waals surface area (Å²) in [5, 5.41) is 3.88. The molecule has 1 atom stereocenters. The maximum atomic E-state index is 12.6. The fourth-order valence-corrected chi connectivity index (χ4v) is 3.92. The van der Waals surface area contributed by atoms with Crippen LogP contribution in [0.5, 0.6) is 0 Å². The molecule has 1 amide bonds. The van der Waals surface area contributed by atoms with E-state index >= 15 is 0 Å². The van der Waals surface area contributed by atoms with Gasteiger partial charge >= 0.3 is 0 Å². The molecule has 0 spiro atoms. The molecule has 1 aromatic rings. The van der Waals surface area contributed by atoms with Gasteiger partial charge in [-0.2, -0.15) is 4.98 Å². The predicted octanol–water partition coefficient (Wildman–Crippen LogP) is 1.85. The second kappa shape index (κ2) is 8.27. The molecule has 0 radical (unpaired) electrons. The molecule has 0 N–H and O–H groups in total. The van der Waals surface area contributed by atoms with Crippen LogP contribution in [0.4, 0.5) is 0 Å². The molecule has 3 rings (SSSR count). The van der Waals surface area contributed by atoms with Crippen LogP contribution < -0.4 is 0 Å². The zero-order valence-corrected chi connectivity index (χ0v) is 15.8. The van der Waals surface area contributed by atoms with Crippen LogP contribution >= 0.6 is 0 Å². The number of aromatic nitrogens is 2. The van der Waals surface area contributed by atoms with E-state index < -0.39 is 0 Å². The van der Waals surface area contributed by atoms with E-state index in [2.05, 4.69) is 26.9 Å². The van der Waals surface area contributed by atoms with Gasteiger partial charge < -0.3 is 9.42 Å². The van der Waals surface area contributed by atoms with Crippen molar-refractivity contribution in [2.24, 2.45) is 0 Å². The van der Waals surface area contributed by atoms with Crippen molar-refractivity contribution < 1.29 is 9.32 Å². The van der Waals surface area contributed by atoms with E-state index in [0.717, 1.165) is 39.0 Å². The van der Waals surface area contributed by atoms with Crippen molar-refractivity contribution in [3.8, 4) is 0 Å². The van der Waals surface area contributed by atoms with Gasteiger partial charge in [0.15, 0.2) is 5.82 Å². The average molecular weight is 349 g/mol. The Hall–Kier alpha value is -1.47. The highest BCUT2D eigenvalue weighted by Crippen LogP contribution is 2.22. The first-order chi connectivity index (χ1) is 12.0. The standard InChI is InChI=1S/C18H31N5O2/c1-14(18-19-15(2)20-25-18)23-11-9-22(10-12-23)13-17(24)21(3)16-7-5-4-6-8-16/h14,16H,4-13H2,1-3H3. The summed E-state index contributed by atoms with van der Waals surface area (Å²) >= 11 is 0. The second-order valence-electron chi connectivity index (χ2n) is 7.46. The van der Waals surface area contributed by atoms with Crippen molar-refractivity contribution >= 4 is 5.91 Å². The Labute approximate surface area is 150 Å². The van der Waals surface area contributed by atoms with Crippen molar-refractivity contribution in [2.75, 3.05) is 39.8 Å². The van der Waals surface area contributed by atoms with Crippen LogP contribution in [-0.2, 0) is 4.79 Å². The number of likely N-dealkylation sites (N-methyl/N-ethyl adjacent to an activating group) is 1. The van der Waals surface area contributed by atoms with Gasteiger partial charge in [-0.15, -0.1) is 0 Å². The Morgan fingerprint density at radius 1 is 1.24 bits per heavy atom. The highest BCUT2D eigenvalue weighted by molar-refractivity contribution is 5.78.